The van der Waals surface area contributed by atoms with Gasteiger partial charge in [-0.1, -0.05) is 25.5 Å². The van der Waals surface area contributed by atoms with Crippen molar-refractivity contribution in [3.05, 3.63) is 34.8 Å². The highest BCUT2D eigenvalue weighted by atomic mass is 16.4. The number of aromatic nitrogens is 1. The van der Waals surface area contributed by atoms with Crippen LogP contribution in [0.2, 0.25) is 0 Å². The van der Waals surface area contributed by atoms with Gasteiger partial charge < -0.3 is 14.6 Å². The molecule has 160 valence electrons. The molecule has 0 bridgehead atoms. The largest absolute Gasteiger partial charge is 0.419 e. The van der Waals surface area contributed by atoms with Gasteiger partial charge >= 0.3 is 5.76 Å². The van der Waals surface area contributed by atoms with Crippen molar-refractivity contribution < 1.29 is 9.21 Å². The van der Waals surface area contributed by atoms with Crippen molar-refractivity contribution >= 4 is 17.0 Å². The number of oxazole rings is 1. The number of carbonyl (C=O) groups is 1. The number of para-hydroxylation sites is 2. The fourth-order valence-electron chi connectivity index (χ4n) is 4.90. The van der Waals surface area contributed by atoms with Crippen molar-refractivity contribution in [3.8, 4) is 0 Å². The lowest BCUT2D eigenvalue weighted by Crippen LogP contribution is -2.63. The number of rotatable bonds is 7. The molecular formula is C23H35N3O3. The third kappa shape index (κ3) is 5.10. The summed E-state index contributed by atoms with van der Waals surface area (Å²) >= 11 is 0. The highest BCUT2D eigenvalue weighted by Gasteiger charge is 2.40. The van der Waals surface area contributed by atoms with Crippen LogP contribution in [0.3, 0.4) is 0 Å². The van der Waals surface area contributed by atoms with Gasteiger partial charge in [0.1, 0.15) is 0 Å². The Morgan fingerprint density at radius 1 is 1.21 bits per heavy atom. The second-order valence-electron chi connectivity index (χ2n) is 9.63. The molecule has 1 aliphatic heterocycles. The first kappa shape index (κ1) is 21.6. The highest BCUT2D eigenvalue weighted by molar-refractivity contribution is 5.77. The van der Waals surface area contributed by atoms with Crippen LogP contribution in [0.15, 0.2) is 33.5 Å². The van der Waals surface area contributed by atoms with Crippen LogP contribution in [-0.2, 0) is 11.3 Å². The van der Waals surface area contributed by atoms with Gasteiger partial charge in [-0.3, -0.25) is 9.36 Å². The molecule has 1 aliphatic rings. The van der Waals surface area contributed by atoms with E-state index in [9.17, 15) is 9.59 Å². The van der Waals surface area contributed by atoms with Gasteiger partial charge in [0.15, 0.2) is 5.58 Å². The minimum Gasteiger partial charge on any atom is -0.408 e. The van der Waals surface area contributed by atoms with E-state index in [1.807, 2.05) is 18.2 Å². The molecule has 1 amide bonds. The van der Waals surface area contributed by atoms with E-state index in [4.69, 9.17) is 4.42 Å². The molecule has 0 radical (unpaired) electrons. The van der Waals surface area contributed by atoms with Crippen LogP contribution < -0.4 is 11.1 Å². The van der Waals surface area contributed by atoms with Crippen molar-refractivity contribution in [2.75, 3.05) is 6.54 Å². The summed E-state index contributed by atoms with van der Waals surface area (Å²) in [5, 5.41) is 3.70. The van der Waals surface area contributed by atoms with Crippen molar-refractivity contribution in [3.63, 3.8) is 0 Å². The van der Waals surface area contributed by atoms with Crippen molar-refractivity contribution in [1.82, 2.24) is 14.8 Å². The Morgan fingerprint density at radius 3 is 2.52 bits per heavy atom. The summed E-state index contributed by atoms with van der Waals surface area (Å²) < 4.78 is 6.87. The second-order valence-corrected chi connectivity index (χ2v) is 9.63. The first-order valence-electron chi connectivity index (χ1n) is 10.8. The topological polar surface area (TPSA) is 67.5 Å². The van der Waals surface area contributed by atoms with E-state index in [-0.39, 0.29) is 23.0 Å². The van der Waals surface area contributed by atoms with Crippen LogP contribution in [0.4, 0.5) is 0 Å². The number of nitrogens with one attached hydrogen (secondary N) is 1. The molecule has 6 heteroatoms. The number of unbranched alkanes of at least 4 members (excludes halogenated alkanes) is 1. The molecule has 0 aliphatic carbocycles. The number of fused-ring (bicyclic) bond motifs is 1. The molecule has 1 fully saturated rings. The fraction of sp³-hybridized carbons (Fsp3) is 0.652. The summed E-state index contributed by atoms with van der Waals surface area (Å²) in [7, 11) is 0. The number of amides is 1. The maximum absolute atomic E-state index is 13.3. The number of hydrogen-bond donors (Lipinski definition) is 1. The Balaban J connectivity index is 1.77. The summed E-state index contributed by atoms with van der Waals surface area (Å²) in [6.07, 6.45) is 4.21. The molecule has 2 heterocycles. The predicted molar refractivity (Wildman–Crippen MR) is 116 cm³/mol. The summed E-state index contributed by atoms with van der Waals surface area (Å²) in [5.74, 6) is -0.280. The van der Waals surface area contributed by atoms with Crippen LogP contribution in [0.5, 0.6) is 0 Å². The number of benzene rings is 1. The van der Waals surface area contributed by atoms with Gasteiger partial charge in [-0.05, 0) is 59.1 Å². The van der Waals surface area contributed by atoms with E-state index >= 15 is 0 Å². The summed E-state index contributed by atoms with van der Waals surface area (Å²) in [6.45, 7) is 12.1. The lowest BCUT2D eigenvalue weighted by Gasteiger charge is -2.49. The zero-order valence-corrected chi connectivity index (χ0v) is 18.5. The zero-order valence-electron chi connectivity index (χ0n) is 18.5. The van der Waals surface area contributed by atoms with Gasteiger partial charge in [-0.2, -0.15) is 0 Å². The number of nitrogens with zero attached hydrogens (tertiary/aromatic N) is 2. The fourth-order valence-corrected chi connectivity index (χ4v) is 4.90. The molecule has 0 spiro atoms. The van der Waals surface area contributed by atoms with Gasteiger partial charge in [-0.25, -0.2) is 4.79 Å². The van der Waals surface area contributed by atoms with Gasteiger partial charge in [0.25, 0.3) is 0 Å². The molecule has 0 saturated carbocycles. The lowest BCUT2D eigenvalue weighted by molar-refractivity contribution is -0.135. The first-order valence-corrected chi connectivity index (χ1v) is 10.8. The number of hydrogen-bond acceptors (Lipinski definition) is 4. The summed E-state index contributed by atoms with van der Waals surface area (Å²) in [6, 6.07) is 7.56. The Labute approximate surface area is 173 Å². The second kappa shape index (κ2) is 8.34. The highest BCUT2D eigenvalue weighted by Crippen LogP contribution is 2.32. The molecule has 6 nitrogen and oxygen atoms in total. The minimum atomic E-state index is -0.400. The average molecular weight is 402 g/mol. The van der Waals surface area contributed by atoms with Crippen LogP contribution in [0.25, 0.3) is 11.1 Å². The Kier molecular flexibility index (Phi) is 6.22. The van der Waals surface area contributed by atoms with Crippen molar-refractivity contribution in [2.45, 2.75) is 90.4 Å². The van der Waals surface area contributed by atoms with Crippen LogP contribution in [0, 0.1) is 0 Å². The van der Waals surface area contributed by atoms with Gasteiger partial charge in [0.05, 0.1) is 5.52 Å². The Hall–Kier alpha value is -2.08. The van der Waals surface area contributed by atoms with Gasteiger partial charge in [-0.15, -0.1) is 0 Å². The van der Waals surface area contributed by atoms with Crippen LogP contribution in [-0.4, -0.2) is 39.0 Å². The summed E-state index contributed by atoms with van der Waals surface area (Å²) in [5.41, 5.74) is 1.27. The number of piperidine rings is 1. The molecular weight excluding hydrogens is 366 g/mol. The quantitative estimate of drug-likeness (QED) is 0.763. The molecule has 1 saturated heterocycles. The molecule has 2 aromatic rings. The average Bonchev–Trinajstić information content (AvgIpc) is 2.92. The number of aryl methyl sites for hydroxylation is 1. The number of carbonyl (C=O) groups excluding carboxylic acids is 1. The maximum Gasteiger partial charge on any atom is 0.419 e. The van der Waals surface area contributed by atoms with Crippen LogP contribution in [0.1, 0.15) is 66.7 Å². The van der Waals surface area contributed by atoms with Crippen molar-refractivity contribution in [1.29, 1.82) is 0 Å². The van der Waals surface area contributed by atoms with E-state index in [0.29, 0.717) is 18.5 Å². The minimum absolute atomic E-state index is 0.0190. The molecule has 1 aromatic carbocycles. The van der Waals surface area contributed by atoms with Crippen molar-refractivity contribution in [2.24, 2.45) is 0 Å². The van der Waals surface area contributed by atoms with Gasteiger partial charge in [0.2, 0.25) is 5.91 Å². The predicted octanol–water partition coefficient (Wildman–Crippen LogP) is 3.92. The normalized spacial score (nSPS) is 18.8. The Morgan fingerprint density at radius 2 is 1.86 bits per heavy atom. The third-order valence-electron chi connectivity index (χ3n) is 5.81. The lowest BCUT2D eigenvalue weighted by atomic mass is 9.79. The van der Waals surface area contributed by atoms with E-state index in [1.165, 1.54) is 0 Å². The molecule has 1 N–H and O–H groups in total. The molecule has 29 heavy (non-hydrogen) atoms. The van der Waals surface area contributed by atoms with E-state index in [0.717, 1.165) is 37.7 Å². The van der Waals surface area contributed by atoms with E-state index < -0.39 is 5.76 Å². The third-order valence-corrected chi connectivity index (χ3v) is 5.81. The van der Waals surface area contributed by atoms with Crippen LogP contribution >= 0.6 is 0 Å². The monoisotopic (exact) mass is 401 g/mol. The molecule has 3 rings (SSSR count). The molecule has 0 atom stereocenters. The summed E-state index contributed by atoms with van der Waals surface area (Å²) in [4.78, 5) is 27.6. The first-order chi connectivity index (χ1) is 13.6. The van der Waals surface area contributed by atoms with E-state index in [1.54, 1.807) is 10.6 Å². The molecule has 1 aromatic heterocycles. The Bertz CT molecular complexity index is 893. The smallest absolute Gasteiger partial charge is 0.408 e. The van der Waals surface area contributed by atoms with E-state index in [2.05, 4.69) is 44.8 Å². The maximum atomic E-state index is 13.3. The molecule has 0 unspecified atom stereocenters. The van der Waals surface area contributed by atoms with Gasteiger partial charge in [0, 0.05) is 36.6 Å². The SMILES string of the molecule is CCCCN(C(=O)CCn1c(=O)oc2ccccc21)C1CC(C)(C)NC(C)(C)C1. The standard InChI is InChI=1S/C23H35N3O3/c1-6-7-13-25(17-15-22(2,3)24-23(4,5)16-17)20(27)12-14-26-18-10-8-9-11-19(18)29-21(26)28/h8-11,17,24H,6-7,12-16H2,1-5H3. The zero-order chi connectivity index (χ0) is 21.2.